The number of aryl methyl sites for hydroxylation is 1. The standard InChI is InChI=1S/C19H17ClFN3OS/c1-12-5-6-15-16(11-12)26-19(22-15)24-9-7-23(8-10-24)18(25)17-13(20)3-2-4-14(17)21/h2-6,11H,7-10H2,1H3. The lowest BCUT2D eigenvalue weighted by Crippen LogP contribution is -2.49. The minimum absolute atomic E-state index is 0.0434. The molecule has 1 fully saturated rings. The van der Waals surface area contributed by atoms with Gasteiger partial charge in [0.2, 0.25) is 0 Å². The highest BCUT2D eigenvalue weighted by atomic mass is 35.5. The van der Waals surface area contributed by atoms with E-state index in [-0.39, 0.29) is 16.5 Å². The first-order valence-electron chi connectivity index (χ1n) is 8.38. The summed E-state index contributed by atoms with van der Waals surface area (Å²) in [5.74, 6) is -0.931. The number of aromatic nitrogens is 1. The largest absolute Gasteiger partial charge is 0.345 e. The summed E-state index contributed by atoms with van der Waals surface area (Å²) in [6, 6.07) is 10.5. The topological polar surface area (TPSA) is 36.4 Å². The molecular weight excluding hydrogens is 373 g/mol. The third-order valence-electron chi connectivity index (χ3n) is 4.55. The van der Waals surface area contributed by atoms with Gasteiger partial charge in [0.25, 0.3) is 5.91 Å². The molecule has 3 aromatic rings. The fourth-order valence-corrected chi connectivity index (χ4v) is 4.48. The van der Waals surface area contributed by atoms with Gasteiger partial charge in [-0.15, -0.1) is 0 Å². The lowest BCUT2D eigenvalue weighted by Gasteiger charge is -2.34. The van der Waals surface area contributed by atoms with E-state index in [1.54, 1.807) is 16.2 Å². The van der Waals surface area contributed by atoms with Crippen LogP contribution in [0.1, 0.15) is 15.9 Å². The van der Waals surface area contributed by atoms with E-state index < -0.39 is 5.82 Å². The molecule has 0 aliphatic carbocycles. The minimum atomic E-state index is -0.577. The average Bonchev–Trinajstić information content (AvgIpc) is 3.04. The number of carbonyl (C=O) groups is 1. The Labute approximate surface area is 159 Å². The molecule has 1 saturated heterocycles. The van der Waals surface area contributed by atoms with Crippen molar-refractivity contribution in [2.45, 2.75) is 6.92 Å². The maximum atomic E-state index is 14.0. The van der Waals surface area contributed by atoms with Crippen molar-refractivity contribution in [2.75, 3.05) is 31.1 Å². The summed E-state index contributed by atoms with van der Waals surface area (Å²) in [6.45, 7) is 4.42. The predicted octanol–water partition coefficient (Wildman–Crippen LogP) is 4.36. The molecule has 1 aliphatic rings. The minimum Gasteiger partial charge on any atom is -0.345 e. The first kappa shape index (κ1) is 17.2. The molecule has 1 aliphatic heterocycles. The molecule has 2 heterocycles. The van der Waals surface area contributed by atoms with E-state index >= 15 is 0 Å². The molecule has 1 aromatic heterocycles. The molecule has 0 N–H and O–H groups in total. The average molecular weight is 390 g/mol. The molecular formula is C19H17ClFN3OS. The van der Waals surface area contributed by atoms with Crippen LogP contribution in [0.15, 0.2) is 36.4 Å². The number of nitrogens with zero attached hydrogens (tertiary/aromatic N) is 3. The Morgan fingerprint density at radius 2 is 1.96 bits per heavy atom. The number of fused-ring (bicyclic) bond motifs is 1. The van der Waals surface area contributed by atoms with E-state index in [1.807, 2.05) is 6.07 Å². The lowest BCUT2D eigenvalue weighted by atomic mass is 10.1. The number of carbonyl (C=O) groups excluding carboxylic acids is 1. The van der Waals surface area contributed by atoms with Crippen molar-refractivity contribution in [1.82, 2.24) is 9.88 Å². The monoisotopic (exact) mass is 389 g/mol. The summed E-state index contributed by atoms with van der Waals surface area (Å²) in [4.78, 5) is 21.2. The Balaban J connectivity index is 1.49. The van der Waals surface area contributed by atoms with E-state index in [0.717, 1.165) is 15.3 Å². The van der Waals surface area contributed by atoms with Crippen molar-refractivity contribution in [3.8, 4) is 0 Å². The third kappa shape index (κ3) is 3.15. The van der Waals surface area contributed by atoms with Crippen molar-refractivity contribution in [2.24, 2.45) is 0 Å². The molecule has 1 amide bonds. The highest BCUT2D eigenvalue weighted by Gasteiger charge is 2.27. The van der Waals surface area contributed by atoms with Crippen molar-refractivity contribution in [3.63, 3.8) is 0 Å². The molecule has 4 nitrogen and oxygen atoms in total. The first-order chi connectivity index (χ1) is 12.5. The fraction of sp³-hybridized carbons (Fsp3) is 0.263. The van der Waals surface area contributed by atoms with Gasteiger partial charge in [-0.05, 0) is 36.8 Å². The molecule has 26 heavy (non-hydrogen) atoms. The quantitative estimate of drug-likeness (QED) is 0.653. The van der Waals surface area contributed by atoms with Crippen LogP contribution in [-0.2, 0) is 0 Å². The number of rotatable bonds is 2. The molecule has 7 heteroatoms. The summed E-state index contributed by atoms with van der Waals surface area (Å²) in [5.41, 5.74) is 2.16. The number of halogens is 2. The van der Waals surface area contributed by atoms with Crippen LogP contribution in [0.5, 0.6) is 0 Å². The fourth-order valence-electron chi connectivity index (χ4n) is 3.12. The van der Waals surface area contributed by atoms with E-state index in [1.165, 1.54) is 23.8 Å². The number of anilines is 1. The van der Waals surface area contributed by atoms with Crippen LogP contribution >= 0.6 is 22.9 Å². The Bertz CT molecular complexity index is 962. The highest BCUT2D eigenvalue weighted by Crippen LogP contribution is 2.30. The van der Waals surface area contributed by atoms with Gasteiger partial charge >= 0.3 is 0 Å². The Morgan fingerprint density at radius 1 is 1.19 bits per heavy atom. The zero-order valence-electron chi connectivity index (χ0n) is 14.2. The summed E-state index contributed by atoms with van der Waals surface area (Å²) in [5, 5.41) is 1.11. The van der Waals surface area contributed by atoms with Gasteiger partial charge in [-0.1, -0.05) is 35.1 Å². The van der Waals surface area contributed by atoms with Gasteiger partial charge in [0.15, 0.2) is 5.13 Å². The van der Waals surface area contributed by atoms with Crippen LogP contribution in [0.4, 0.5) is 9.52 Å². The second kappa shape index (κ2) is 6.85. The Morgan fingerprint density at radius 3 is 2.69 bits per heavy atom. The second-order valence-electron chi connectivity index (χ2n) is 6.34. The number of benzene rings is 2. The van der Waals surface area contributed by atoms with Crippen molar-refractivity contribution < 1.29 is 9.18 Å². The van der Waals surface area contributed by atoms with Gasteiger partial charge in [0.1, 0.15) is 5.82 Å². The second-order valence-corrected chi connectivity index (χ2v) is 7.76. The molecule has 134 valence electrons. The predicted molar refractivity (Wildman–Crippen MR) is 104 cm³/mol. The maximum Gasteiger partial charge on any atom is 0.258 e. The smallest absolute Gasteiger partial charge is 0.258 e. The van der Waals surface area contributed by atoms with Crippen molar-refractivity contribution in [1.29, 1.82) is 0 Å². The van der Waals surface area contributed by atoms with Crippen LogP contribution in [0.3, 0.4) is 0 Å². The lowest BCUT2D eigenvalue weighted by molar-refractivity contribution is 0.0742. The zero-order valence-corrected chi connectivity index (χ0v) is 15.8. The van der Waals surface area contributed by atoms with Gasteiger partial charge in [0, 0.05) is 26.2 Å². The van der Waals surface area contributed by atoms with E-state index in [4.69, 9.17) is 16.6 Å². The van der Waals surface area contributed by atoms with E-state index in [2.05, 4.69) is 24.0 Å². The van der Waals surface area contributed by atoms with Crippen LogP contribution in [0.25, 0.3) is 10.2 Å². The van der Waals surface area contributed by atoms with Gasteiger partial charge in [-0.25, -0.2) is 9.37 Å². The maximum absolute atomic E-state index is 14.0. The first-order valence-corrected chi connectivity index (χ1v) is 9.58. The van der Waals surface area contributed by atoms with E-state index in [0.29, 0.717) is 26.2 Å². The van der Waals surface area contributed by atoms with Gasteiger partial charge in [-0.3, -0.25) is 4.79 Å². The van der Waals surface area contributed by atoms with Gasteiger partial charge in [-0.2, -0.15) is 0 Å². The van der Waals surface area contributed by atoms with Crippen LogP contribution in [-0.4, -0.2) is 42.0 Å². The summed E-state index contributed by atoms with van der Waals surface area (Å²) >= 11 is 7.68. The molecule has 0 bridgehead atoms. The number of amides is 1. The molecule has 0 radical (unpaired) electrons. The van der Waals surface area contributed by atoms with Gasteiger partial charge < -0.3 is 9.80 Å². The van der Waals surface area contributed by atoms with Crippen LogP contribution in [0, 0.1) is 12.7 Å². The Kier molecular flexibility index (Phi) is 4.54. The molecule has 0 unspecified atom stereocenters. The molecule has 0 spiro atoms. The van der Waals surface area contributed by atoms with Crippen molar-refractivity contribution >= 4 is 44.2 Å². The molecule has 4 rings (SSSR count). The molecule has 0 atom stereocenters. The van der Waals surface area contributed by atoms with Crippen LogP contribution < -0.4 is 4.90 Å². The number of hydrogen-bond donors (Lipinski definition) is 0. The summed E-state index contributed by atoms with van der Waals surface area (Å²) in [7, 11) is 0. The zero-order chi connectivity index (χ0) is 18.3. The summed E-state index contributed by atoms with van der Waals surface area (Å²) in [6.07, 6.45) is 0. The highest BCUT2D eigenvalue weighted by molar-refractivity contribution is 7.22. The number of piperazine rings is 1. The number of hydrogen-bond acceptors (Lipinski definition) is 4. The number of thiazole rings is 1. The Hall–Kier alpha value is -2.18. The SMILES string of the molecule is Cc1ccc2nc(N3CCN(C(=O)c4c(F)cccc4Cl)CC3)sc2c1. The third-order valence-corrected chi connectivity index (χ3v) is 5.94. The molecule has 0 saturated carbocycles. The normalized spacial score (nSPS) is 14.9. The van der Waals surface area contributed by atoms with Crippen LogP contribution in [0.2, 0.25) is 5.02 Å². The summed E-state index contributed by atoms with van der Waals surface area (Å²) < 4.78 is 15.2. The van der Waals surface area contributed by atoms with Gasteiger partial charge in [0.05, 0.1) is 20.8 Å². The molecule has 2 aromatic carbocycles. The van der Waals surface area contributed by atoms with Crippen molar-refractivity contribution in [3.05, 3.63) is 58.4 Å². The van der Waals surface area contributed by atoms with E-state index in [9.17, 15) is 9.18 Å².